The summed E-state index contributed by atoms with van der Waals surface area (Å²) in [6.07, 6.45) is 74.5. The highest BCUT2D eigenvalue weighted by atomic mass is 16.7. The molecule has 2 unspecified atom stereocenters. The van der Waals surface area contributed by atoms with Gasteiger partial charge in [0.25, 0.3) is 0 Å². The van der Waals surface area contributed by atoms with Crippen LogP contribution in [0.5, 0.6) is 0 Å². The third-order valence-electron chi connectivity index (χ3n) is 16.5. The van der Waals surface area contributed by atoms with Gasteiger partial charge in [-0.2, -0.15) is 0 Å². The summed E-state index contributed by atoms with van der Waals surface area (Å²) in [6.45, 7) is 4.83. The van der Waals surface area contributed by atoms with Crippen molar-refractivity contribution in [3.8, 4) is 0 Å². The molecule has 0 aromatic heterocycles. The van der Waals surface area contributed by atoms with Gasteiger partial charge < -0.3 is 33.3 Å². The van der Waals surface area contributed by atoms with Crippen LogP contribution in [0.15, 0.2) is 12.2 Å². The van der Waals surface area contributed by atoms with Gasteiger partial charge in [-0.3, -0.25) is 9.59 Å². The van der Waals surface area contributed by atoms with E-state index in [9.17, 15) is 19.5 Å². The fourth-order valence-electron chi connectivity index (χ4n) is 11.0. The monoisotopic (exact) mass is 1150 g/mol. The molecule has 0 spiro atoms. The number of carbonyl (C=O) groups excluding carboxylic acids is 3. The van der Waals surface area contributed by atoms with Crippen molar-refractivity contribution >= 4 is 17.9 Å². The second-order valence-corrected chi connectivity index (χ2v) is 25.9. The average molecular weight is 1150 g/mol. The maximum Gasteiger partial charge on any atom is 0.306 e. The molecule has 0 bridgehead atoms. The molecular formula is C72H139NO8. The Morgan fingerprint density at radius 2 is 0.630 bits per heavy atom. The smallest absolute Gasteiger partial charge is 0.306 e. The van der Waals surface area contributed by atoms with Gasteiger partial charge >= 0.3 is 11.9 Å². The van der Waals surface area contributed by atoms with Gasteiger partial charge in [0.15, 0.2) is 12.4 Å². The number of likely N-dealkylation sites (N-methyl/N-ethyl adjacent to an activating group) is 1. The number of nitrogens with zero attached hydrogens (tertiary/aromatic N) is 1. The predicted octanol–water partition coefficient (Wildman–Crippen LogP) is 20.7. The van der Waals surface area contributed by atoms with E-state index in [1.165, 1.54) is 308 Å². The molecular weight excluding hydrogens is 1010 g/mol. The molecule has 0 N–H and O–H groups in total. The third kappa shape index (κ3) is 65.4. The molecule has 480 valence electrons. The van der Waals surface area contributed by atoms with Gasteiger partial charge in [0.2, 0.25) is 0 Å². The summed E-state index contributed by atoms with van der Waals surface area (Å²) in [5.41, 5.74) is 0. The number of aliphatic carboxylic acids is 1. The zero-order valence-electron chi connectivity index (χ0n) is 54.9. The Bertz CT molecular complexity index is 1330. The second kappa shape index (κ2) is 64.0. The lowest BCUT2D eigenvalue weighted by molar-refractivity contribution is -0.870. The lowest BCUT2D eigenvalue weighted by Crippen LogP contribution is -2.44. The summed E-state index contributed by atoms with van der Waals surface area (Å²) >= 11 is 0. The van der Waals surface area contributed by atoms with E-state index in [-0.39, 0.29) is 32.2 Å². The van der Waals surface area contributed by atoms with Crippen molar-refractivity contribution in [1.29, 1.82) is 0 Å². The van der Waals surface area contributed by atoms with Crippen molar-refractivity contribution < 1.29 is 42.9 Å². The number of esters is 2. The fraction of sp³-hybridized carbons (Fsp3) is 0.931. The van der Waals surface area contributed by atoms with Crippen LogP contribution in [0.2, 0.25) is 0 Å². The van der Waals surface area contributed by atoms with Gasteiger partial charge in [0, 0.05) is 12.8 Å². The molecule has 9 nitrogen and oxygen atoms in total. The van der Waals surface area contributed by atoms with Gasteiger partial charge in [-0.05, 0) is 38.5 Å². The van der Waals surface area contributed by atoms with Crippen LogP contribution in [0.1, 0.15) is 373 Å². The van der Waals surface area contributed by atoms with Crippen LogP contribution in [-0.2, 0) is 33.3 Å². The maximum atomic E-state index is 12.9. The molecule has 0 aromatic rings. The quantitative estimate of drug-likeness (QED) is 0.0195. The van der Waals surface area contributed by atoms with E-state index in [2.05, 4.69) is 26.0 Å². The van der Waals surface area contributed by atoms with E-state index >= 15 is 0 Å². The van der Waals surface area contributed by atoms with Crippen LogP contribution < -0.4 is 5.11 Å². The normalized spacial score (nSPS) is 12.7. The zero-order valence-corrected chi connectivity index (χ0v) is 54.9. The largest absolute Gasteiger partial charge is 0.545 e. The highest BCUT2D eigenvalue weighted by Gasteiger charge is 2.22. The molecule has 0 saturated carbocycles. The van der Waals surface area contributed by atoms with Gasteiger partial charge in [-0.1, -0.05) is 334 Å². The molecule has 0 aliphatic heterocycles. The van der Waals surface area contributed by atoms with Crippen molar-refractivity contribution in [2.24, 2.45) is 0 Å². The number of unbranched alkanes of at least 4 members (excludes halogenated alkanes) is 51. The molecule has 0 aliphatic rings. The van der Waals surface area contributed by atoms with Gasteiger partial charge in [-0.25, -0.2) is 0 Å². The standard InChI is InChI=1S/C72H139NO8/c1-6-8-10-12-14-16-18-20-22-24-26-28-30-32-34-35-37-38-40-42-44-46-48-50-52-54-56-58-60-62-69(74)79-66-68(67-80-72(71(76)77)78-65-64-73(3,4)5)81-70(75)63-61-59-57-55-53-51-49-47-45-43-41-39-36-33-31-29-27-25-23-21-19-17-15-13-11-9-7-2/h25,27,68,72H,6-24,26,28-67H2,1-5H3/b27-25-. The summed E-state index contributed by atoms with van der Waals surface area (Å²) < 4.78 is 22.8. The van der Waals surface area contributed by atoms with Crippen molar-refractivity contribution in [2.45, 2.75) is 386 Å². The number of ether oxygens (including phenoxy) is 4. The van der Waals surface area contributed by atoms with Crippen LogP contribution in [0.3, 0.4) is 0 Å². The number of carboxylic acids is 1. The molecule has 0 aliphatic carbocycles. The van der Waals surface area contributed by atoms with Gasteiger partial charge in [-0.15, -0.1) is 0 Å². The van der Waals surface area contributed by atoms with E-state index < -0.39 is 24.3 Å². The number of carboxylic acid groups (broad SMARTS) is 1. The average Bonchev–Trinajstić information content (AvgIpc) is 3.44. The second-order valence-electron chi connectivity index (χ2n) is 25.9. The fourth-order valence-corrected chi connectivity index (χ4v) is 11.0. The predicted molar refractivity (Wildman–Crippen MR) is 343 cm³/mol. The van der Waals surface area contributed by atoms with Crippen molar-refractivity contribution in [2.75, 3.05) is 47.5 Å². The van der Waals surface area contributed by atoms with Crippen LogP contribution in [0.25, 0.3) is 0 Å². The first-order valence-electron chi connectivity index (χ1n) is 35.8. The highest BCUT2D eigenvalue weighted by molar-refractivity contribution is 5.70. The van der Waals surface area contributed by atoms with Crippen LogP contribution in [0, 0.1) is 0 Å². The van der Waals surface area contributed by atoms with E-state index in [1.807, 2.05) is 21.1 Å². The molecule has 0 saturated heterocycles. The zero-order chi connectivity index (χ0) is 59.1. The first kappa shape index (κ1) is 79.0. The Balaban J connectivity index is 4.04. The van der Waals surface area contributed by atoms with Gasteiger partial charge in [0.1, 0.15) is 13.2 Å². The SMILES string of the molecule is CCCCCCCCCC/C=C\CCCCCCCCCCCCCCCCCC(=O)OC(COC(=O)CCCCCCCCCCCCCCCCCCCCCCCCCCCCCCC)COC(OCC[N+](C)(C)C)C(=O)[O-]. The summed E-state index contributed by atoms with van der Waals surface area (Å²) in [5, 5.41) is 11.8. The minimum absolute atomic E-state index is 0.152. The van der Waals surface area contributed by atoms with Crippen molar-refractivity contribution in [3.63, 3.8) is 0 Å². The van der Waals surface area contributed by atoms with Crippen molar-refractivity contribution in [1.82, 2.24) is 0 Å². The summed E-state index contributed by atoms with van der Waals surface area (Å²) in [5.74, 6) is -2.25. The van der Waals surface area contributed by atoms with E-state index in [4.69, 9.17) is 18.9 Å². The number of carbonyl (C=O) groups is 3. The Morgan fingerprint density at radius 3 is 0.914 bits per heavy atom. The molecule has 0 fully saturated rings. The molecule has 0 radical (unpaired) electrons. The van der Waals surface area contributed by atoms with Crippen molar-refractivity contribution in [3.05, 3.63) is 12.2 Å². The summed E-state index contributed by atoms with van der Waals surface area (Å²) in [7, 11) is 5.95. The molecule has 0 amide bonds. The lowest BCUT2D eigenvalue weighted by atomic mass is 10.0. The Kier molecular flexibility index (Phi) is 62.5. The Hall–Kier alpha value is -1.97. The summed E-state index contributed by atoms with van der Waals surface area (Å²) in [6, 6.07) is 0. The molecule has 9 heteroatoms. The maximum absolute atomic E-state index is 12.9. The van der Waals surface area contributed by atoms with Crippen LogP contribution in [-0.4, -0.2) is 82.3 Å². The van der Waals surface area contributed by atoms with E-state index in [1.54, 1.807) is 0 Å². The minimum Gasteiger partial charge on any atom is -0.545 e. The topological polar surface area (TPSA) is 111 Å². The summed E-state index contributed by atoms with van der Waals surface area (Å²) in [4.78, 5) is 37.5. The molecule has 0 heterocycles. The first-order chi connectivity index (χ1) is 39.6. The number of quaternary nitrogens is 1. The number of allylic oxidation sites excluding steroid dienone is 2. The minimum atomic E-state index is -1.62. The molecule has 81 heavy (non-hydrogen) atoms. The van der Waals surface area contributed by atoms with E-state index in [0.29, 0.717) is 17.4 Å². The number of rotatable bonds is 68. The van der Waals surface area contributed by atoms with Crippen LogP contribution >= 0.6 is 0 Å². The molecule has 2 atom stereocenters. The highest BCUT2D eigenvalue weighted by Crippen LogP contribution is 2.19. The van der Waals surface area contributed by atoms with E-state index in [0.717, 1.165) is 38.5 Å². The van der Waals surface area contributed by atoms with Crippen LogP contribution in [0.4, 0.5) is 0 Å². The lowest BCUT2D eigenvalue weighted by Gasteiger charge is -2.26. The Morgan fingerprint density at radius 1 is 0.358 bits per heavy atom. The third-order valence-corrected chi connectivity index (χ3v) is 16.5. The number of hydrogen-bond donors (Lipinski definition) is 0. The molecule has 0 aromatic carbocycles. The molecule has 0 rings (SSSR count). The van der Waals surface area contributed by atoms with Gasteiger partial charge in [0.05, 0.1) is 40.3 Å². The Labute approximate surface area is 504 Å². The first-order valence-corrected chi connectivity index (χ1v) is 35.8. The number of hydrogen-bond acceptors (Lipinski definition) is 8.